The third-order valence-corrected chi connectivity index (χ3v) is 5.19. The molecule has 0 saturated carbocycles. The van der Waals surface area contributed by atoms with Crippen molar-refractivity contribution in [1.29, 1.82) is 0 Å². The molecule has 4 rings (SSSR count). The fourth-order valence-corrected chi connectivity index (χ4v) is 3.74. The molecule has 29 heavy (non-hydrogen) atoms. The molecule has 0 N–H and O–H groups in total. The second-order valence-electron chi connectivity index (χ2n) is 6.84. The van der Waals surface area contributed by atoms with Crippen molar-refractivity contribution in [3.63, 3.8) is 0 Å². The first-order chi connectivity index (χ1) is 14.0. The minimum Gasteiger partial charge on any atom is -0.378 e. The maximum absolute atomic E-state index is 13.0. The first-order valence-electron chi connectivity index (χ1n) is 9.16. The van der Waals surface area contributed by atoms with Crippen molar-refractivity contribution in [1.82, 2.24) is 0 Å². The summed E-state index contributed by atoms with van der Waals surface area (Å²) in [6, 6.07) is 8.86. The van der Waals surface area contributed by atoms with Gasteiger partial charge in [-0.2, -0.15) is 0 Å². The molecule has 0 spiro atoms. The van der Waals surface area contributed by atoms with Gasteiger partial charge in [-0.15, -0.1) is 0 Å². The van der Waals surface area contributed by atoms with Crippen molar-refractivity contribution in [2.45, 2.75) is 6.42 Å². The molecule has 2 aliphatic rings. The highest BCUT2D eigenvalue weighted by Crippen LogP contribution is 2.34. The number of anilines is 2. The van der Waals surface area contributed by atoms with E-state index in [1.807, 2.05) is 4.90 Å². The summed E-state index contributed by atoms with van der Waals surface area (Å²) in [6.45, 7) is 2.45. The molecule has 1 amide bonds. The average Bonchev–Trinajstić information content (AvgIpc) is 3.16. The molecule has 0 unspecified atom stereocenters. The summed E-state index contributed by atoms with van der Waals surface area (Å²) in [7, 11) is 0. The number of nitrogens with zero attached hydrogens (tertiary/aromatic N) is 4. The van der Waals surface area contributed by atoms with Crippen molar-refractivity contribution >= 4 is 28.7 Å². The number of hydrogen-bond acceptors (Lipinski definition) is 7. The molecule has 2 aromatic carbocycles. The van der Waals surface area contributed by atoms with Crippen LogP contribution in [0.5, 0.6) is 0 Å². The van der Waals surface area contributed by atoms with E-state index in [0.29, 0.717) is 56.2 Å². The van der Waals surface area contributed by atoms with Gasteiger partial charge in [0.05, 0.1) is 23.1 Å². The van der Waals surface area contributed by atoms with Crippen LogP contribution in [0.4, 0.5) is 22.7 Å². The van der Waals surface area contributed by atoms with E-state index in [1.165, 1.54) is 23.1 Å². The minimum absolute atomic E-state index is 0.0245. The van der Waals surface area contributed by atoms with Crippen molar-refractivity contribution < 1.29 is 19.4 Å². The van der Waals surface area contributed by atoms with Gasteiger partial charge in [-0.25, -0.2) is 0 Å². The number of amides is 1. The maximum Gasteiger partial charge on any atom is 0.293 e. The number of rotatable bonds is 4. The van der Waals surface area contributed by atoms with E-state index in [2.05, 4.69) is 0 Å². The molecule has 0 radical (unpaired) electrons. The number of nitro benzene ring substituents is 2. The van der Waals surface area contributed by atoms with E-state index in [0.717, 1.165) is 0 Å². The van der Waals surface area contributed by atoms with Gasteiger partial charge < -0.3 is 14.5 Å². The van der Waals surface area contributed by atoms with Crippen molar-refractivity contribution in [2.75, 3.05) is 42.6 Å². The third-order valence-electron chi connectivity index (χ3n) is 5.19. The molecule has 10 heteroatoms. The van der Waals surface area contributed by atoms with Gasteiger partial charge in [0.1, 0.15) is 5.69 Å². The Labute approximate surface area is 165 Å². The van der Waals surface area contributed by atoms with E-state index >= 15 is 0 Å². The van der Waals surface area contributed by atoms with Crippen LogP contribution < -0.4 is 9.80 Å². The quantitative estimate of drug-likeness (QED) is 0.573. The summed E-state index contributed by atoms with van der Waals surface area (Å²) in [6.07, 6.45) is 0.497. The highest BCUT2D eigenvalue weighted by molar-refractivity contribution is 6.08. The SMILES string of the molecule is O=C(c1ccc(N2CCOCC2)c([N+](=O)[O-])c1)N1CCc2cc([N+](=O)[O-])ccc21. The normalized spacial score (nSPS) is 15.9. The molecular formula is C19H18N4O6. The number of carbonyl (C=O) groups is 1. The summed E-state index contributed by atoms with van der Waals surface area (Å²) in [5, 5.41) is 22.6. The van der Waals surface area contributed by atoms with Gasteiger partial charge in [0, 0.05) is 49.1 Å². The summed E-state index contributed by atoms with van der Waals surface area (Å²) in [4.78, 5) is 38.0. The van der Waals surface area contributed by atoms with E-state index in [4.69, 9.17) is 4.74 Å². The number of carbonyl (C=O) groups excluding carboxylic acids is 1. The van der Waals surface area contributed by atoms with Crippen LogP contribution in [0, 0.1) is 20.2 Å². The Morgan fingerprint density at radius 3 is 2.34 bits per heavy atom. The molecular weight excluding hydrogens is 380 g/mol. The molecule has 1 fully saturated rings. The van der Waals surface area contributed by atoms with Gasteiger partial charge >= 0.3 is 0 Å². The Hall–Kier alpha value is -3.53. The number of benzene rings is 2. The second-order valence-corrected chi connectivity index (χ2v) is 6.84. The molecule has 10 nitrogen and oxygen atoms in total. The van der Waals surface area contributed by atoms with E-state index < -0.39 is 9.85 Å². The standard InChI is InChI=1S/C19H18N4O6/c24-19(21-6-5-13-11-15(22(25)26)2-4-16(13)21)14-1-3-17(18(12-14)23(27)28)20-7-9-29-10-8-20/h1-4,11-12H,5-10H2. The van der Waals surface area contributed by atoms with Crippen LogP contribution >= 0.6 is 0 Å². The number of fused-ring (bicyclic) bond motifs is 1. The second kappa shape index (κ2) is 7.47. The van der Waals surface area contributed by atoms with Crippen molar-refractivity contribution in [3.8, 4) is 0 Å². The monoisotopic (exact) mass is 398 g/mol. The van der Waals surface area contributed by atoms with Gasteiger partial charge in [0.2, 0.25) is 0 Å². The van der Waals surface area contributed by atoms with E-state index in [1.54, 1.807) is 18.2 Å². The highest BCUT2D eigenvalue weighted by Gasteiger charge is 2.29. The van der Waals surface area contributed by atoms with Crippen molar-refractivity contribution in [3.05, 3.63) is 67.8 Å². The van der Waals surface area contributed by atoms with Gasteiger partial charge in [0.25, 0.3) is 17.3 Å². The molecule has 0 aromatic heterocycles. The lowest BCUT2D eigenvalue weighted by atomic mass is 10.1. The Bertz CT molecular complexity index is 1000. The van der Waals surface area contributed by atoms with Gasteiger partial charge in [-0.3, -0.25) is 25.0 Å². The molecule has 0 atom stereocenters. The van der Waals surface area contributed by atoms with Crippen LogP contribution in [0.3, 0.4) is 0 Å². The topological polar surface area (TPSA) is 119 Å². The number of ether oxygens (including phenoxy) is 1. The number of non-ortho nitro benzene ring substituents is 1. The number of nitro groups is 2. The predicted molar refractivity (Wildman–Crippen MR) is 105 cm³/mol. The number of morpholine rings is 1. The zero-order chi connectivity index (χ0) is 20.5. The van der Waals surface area contributed by atoms with Crippen LogP contribution in [0.25, 0.3) is 0 Å². The summed E-state index contributed by atoms with van der Waals surface area (Å²) in [5.41, 5.74) is 1.84. The maximum atomic E-state index is 13.0. The Morgan fingerprint density at radius 1 is 0.931 bits per heavy atom. The molecule has 0 bridgehead atoms. The Kier molecular flexibility index (Phi) is 4.85. The minimum atomic E-state index is -0.483. The predicted octanol–water partition coefficient (Wildman–Crippen LogP) is 2.54. The summed E-state index contributed by atoms with van der Waals surface area (Å²) in [5.74, 6) is -0.366. The van der Waals surface area contributed by atoms with Crippen LogP contribution in [-0.2, 0) is 11.2 Å². The summed E-state index contributed by atoms with van der Waals surface area (Å²) < 4.78 is 5.29. The van der Waals surface area contributed by atoms with Crippen LogP contribution in [-0.4, -0.2) is 48.6 Å². The van der Waals surface area contributed by atoms with Crippen LogP contribution in [0.15, 0.2) is 36.4 Å². The molecule has 1 saturated heterocycles. The molecule has 0 aliphatic carbocycles. The van der Waals surface area contributed by atoms with Gasteiger partial charge in [-0.05, 0) is 30.2 Å². The molecule has 2 heterocycles. The molecule has 2 aromatic rings. The van der Waals surface area contributed by atoms with Crippen LogP contribution in [0.1, 0.15) is 15.9 Å². The zero-order valence-electron chi connectivity index (χ0n) is 15.4. The van der Waals surface area contributed by atoms with E-state index in [9.17, 15) is 25.0 Å². The van der Waals surface area contributed by atoms with Gasteiger partial charge in [-0.1, -0.05) is 0 Å². The van der Waals surface area contributed by atoms with E-state index in [-0.39, 0.29) is 22.8 Å². The van der Waals surface area contributed by atoms with Gasteiger partial charge in [0.15, 0.2) is 0 Å². The Morgan fingerprint density at radius 2 is 1.66 bits per heavy atom. The average molecular weight is 398 g/mol. The molecule has 150 valence electrons. The lowest BCUT2D eigenvalue weighted by molar-refractivity contribution is -0.384. The fourth-order valence-electron chi connectivity index (χ4n) is 3.74. The molecule has 2 aliphatic heterocycles. The number of hydrogen-bond donors (Lipinski definition) is 0. The lowest BCUT2D eigenvalue weighted by Crippen LogP contribution is -2.36. The van der Waals surface area contributed by atoms with Crippen LogP contribution in [0.2, 0.25) is 0 Å². The third kappa shape index (κ3) is 3.49. The lowest BCUT2D eigenvalue weighted by Gasteiger charge is -2.28. The first-order valence-corrected chi connectivity index (χ1v) is 9.16. The Balaban J connectivity index is 1.64. The first kappa shape index (κ1) is 18.8. The summed E-state index contributed by atoms with van der Waals surface area (Å²) >= 11 is 0. The largest absolute Gasteiger partial charge is 0.378 e. The smallest absolute Gasteiger partial charge is 0.293 e. The fraction of sp³-hybridized carbons (Fsp3) is 0.316. The highest BCUT2D eigenvalue weighted by atomic mass is 16.6. The van der Waals surface area contributed by atoms with Crippen molar-refractivity contribution in [2.24, 2.45) is 0 Å². The zero-order valence-corrected chi connectivity index (χ0v) is 15.4.